The fraction of sp³-hybridized carbons (Fsp3) is 0.455. The van der Waals surface area contributed by atoms with Crippen LogP contribution < -0.4 is 5.32 Å². The molecule has 1 heterocycles. The predicted molar refractivity (Wildman–Crippen MR) is 63.5 cm³/mol. The van der Waals surface area contributed by atoms with Crippen LogP contribution in [-0.2, 0) is 4.74 Å². The summed E-state index contributed by atoms with van der Waals surface area (Å²) in [6, 6.07) is 2.83. The minimum absolute atomic E-state index is 0.00112. The van der Waals surface area contributed by atoms with Gasteiger partial charge in [-0.2, -0.15) is 5.26 Å². The Bertz CT molecular complexity index is 420. The molecule has 0 fully saturated rings. The highest BCUT2D eigenvalue weighted by molar-refractivity contribution is 6.30. The van der Waals surface area contributed by atoms with Gasteiger partial charge in [0.05, 0.1) is 5.56 Å². The monoisotopic (exact) mass is 257 g/mol. The van der Waals surface area contributed by atoms with Gasteiger partial charge in [0.25, 0.3) is 0 Å². The Balaban J connectivity index is 2.54. The lowest BCUT2D eigenvalue weighted by atomic mass is 10.3. The number of pyridine rings is 1. The van der Waals surface area contributed by atoms with Crippen molar-refractivity contribution in [3.05, 3.63) is 22.6 Å². The van der Waals surface area contributed by atoms with Crippen molar-refractivity contribution in [1.82, 2.24) is 4.98 Å². The van der Waals surface area contributed by atoms with E-state index in [9.17, 15) is 4.39 Å². The van der Waals surface area contributed by atoms with E-state index in [4.69, 9.17) is 21.6 Å². The molecule has 0 saturated heterocycles. The molecule has 0 bridgehead atoms. The Morgan fingerprint density at radius 1 is 1.65 bits per heavy atom. The molecule has 1 N–H and O–H groups in total. The van der Waals surface area contributed by atoms with Gasteiger partial charge in [0.1, 0.15) is 11.2 Å². The van der Waals surface area contributed by atoms with E-state index in [0.717, 1.165) is 12.5 Å². The third kappa shape index (κ3) is 4.17. The molecule has 0 aliphatic rings. The van der Waals surface area contributed by atoms with Crippen LogP contribution in [0, 0.1) is 17.1 Å². The van der Waals surface area contributed by atoms with E-state index in [1.165, 1.54) is 0 Å². The Labute approximate surface area is 104 Å². The predicted octanol–water partition coefficient (Wildman–Crippen LogP) is 2.58. The number of hydrogen-bond acceptors (Lipinski definition) is 4. The number of aromatic nitrogens is 1. The lowest BCUT2D eigenvalue weighted by Crippen LogP contribution is -2.09. The molecule has 17 heavy (non-hydrogen) atoms. The van der Waals surface area contributed by atoms with E-state index in [1.807, 2.05) is 6.92 Å². The quantitative estimate of drug-likeness (QED) is 0.629. The van der Waals surface area contributed by atoms with Gasteiger partial charge in [-0.05, 0) is 19.4 Å². The van der Waals surface area contributed by atoms with Crippen molar-refractivity contribution in [2.24, 2.45) is 0 Å². The lowest BCUT2D eigenvalue weighted by molar-refractivity contribution is 0.147. The zero-order chi connectivity index (χ0) is 12.7. The molecule has 0 aliphatic carbocycles. The third-order valence-corrected chi connectivity index (χ3v) is 2.30. The molecule has 6 heteroatoms. The molecule has 0 aliphatic heterocycles. The maximum atomic E-state index is 13.4. The summed E-state index contributed by atoms with van der Waals surface area (Å²) in [4.78, 5) is 3.78. The second kappa shape index (κ2) is 7.05. The minimum Gasteiger partial charge on any atom is -0.382 e. The topological polar surface area (TPSA) is 57.9 Å². The SMILES string of the molecule is CCOCCCNc1nc(Cl)c(C#N)cc1F. The first-order chi connectivity index (χ1) is 8.19. The van der Waals surface area contributed by atoms with Crippen LogP contribution in [0.3, 0.4) is 0 Å². The van der Waals surface area contributed by atoms with Gasteiger partial charge in [0.2, 0.25) is 0 Å². The zero-order valence-electron chi connectivity index (χ0n) is 9.46. The largest absolute Gasteiger partial charge is 0.382 e. The summed E-state index contributed by atoms with van der Waals surface area (Å²) in [6.07, 6.45) is 0.743. The summed E-state index contributed by atoms with van der Waals surface area (Å²) in [5, 5.41) is 11.4. The summed E-state index contributed by atoms with van der Waals surface area (Å²) in [5.74, 6) is -0.521. The maximum absolute atomic E-state index is 13.4. The second-order valence-corrected chi connectivity index (χ2v) is 3.60. The molecule has 1 rings (SSSR count). The van der Waals surface area contributed by atoms with Gasteiger partial charge >= 0.3 is 0 Å². The van der Waals surface area contributed by atoms with Gasteiger partial charge < -0.3 is 10.1 Å². The highest BCUT2D eigenvalue weighted by Gasteiger charge is 2.09. The molecule has 0 amide bonds. The van der Waals surface area contributed by atoms with E-state index in [2.05, 4.69) is 10.3 Å². The first-order valence-electron chi connectivity index (χ1n) is 5.26. The number of nitriles is 1. The number of halogens is 2. The molecule has 1 aromatic heterocycles. The molecule has 0 spiro atoms. The Kier molecular flexibility index (Phi) is 5.67. The standard InChI is InChI=1S/C11H13ClFN3O/c1-2-17-5-3-4-15-11-9(13)6-8(7-14)10(12)16-11/h6H,2-5H2,1H3,(H,15,16). The number of anilines is 1. The van der Waals surface area contributed by atoms with Crippen LogP contribution in [0.15, 0.2) is 6.07 Å². The van der Waals surface area contributed by atoms with Gasteiger partial charge in [-0.15, -0.1) is 0 Å². The average molecular weight is 258 g/mol. The highest BCUT2D eigenvalue weighted by atomic mass is 35.5. The number of hydrogen-bond donors (Lipinski definition) is 1. The van der Waals surface area contributed by atoms with Gasteiger partial charge in [0, 0.05) is 19.8 Å². The van der Waals surface area contributed by atoms with E-state index in [0.29, 0.717) is 19.8 Å². The smallest absolute Gasteiger partial charge is 0.166 e. The Hall–Kier alpha value is -1.38. The van der Waals surface area contributed by atoms with E-state index >= 15 is 0 Å². The number of rotatable bonds is 6. The first-order valence-corrected chi connectivity index (χ1v) is 5.64. The number of ether oxygens (including phenoxy) is 1. The summed E-state index contributed by atoms with van der Waals surface area (Å²) in [7, 11) is 0. The average Bonchev–Trinajstić information content (AvgIpc) is 2.32. The van der Waals surface area contributed by atoms with Crippen molar-refractivity contribution < 1.29 is 9.13 Å². The molecule has 0 saturated carbocycles. The molecule has 0 aromatic carbocycles. The number of nitrogens with zero attached hydrogens (tertiary/aromatic N) is 2. The van der Waals surface area contributed by atoms with Crippen LogP contribution in [0.4, 0.5) is 10.2 Å². The van der Waals surface area contributed by atoms with Crippen molar-refractivity contribution in [2.75, 3.05) is 25.1 Å². The lowest BCUT2D eigenvalue weighted by Gasteiger charge is -2.07. The molecule has 1 aromatic rings. The highest BCUT2D eigenvalue weighted by Crippen LogP contribution is 2.19. The molecular weight excluding hydrogens is 245 g/mol. The van der Waals surface area contributed by atoms with Crippen molar-refractivity contribution in [3.8, 4) is 6.07 Å². The zero-order valence-corrected chi connectivity index (χ0v) is 10.2. The third-order valence-electron chi connectivity index (χ3n) is 2.01. The van der Waals surface area contributed by atoms with Crippen LogP contribution in [0.2, 0.25) is 5.15 Å². The fourth-order valence-corrected chi connectivity index (χ4v) is 1.38. The van der Waals surface area contributed by atoms with E-state index < -0.39 is 5.82 Å². The molecule has 0 radical (unpaired) electrons. The van der Waals surface area contributed by atoms with Gasteiger partial charge in [-0.3, -0.25) is 0 Å². The van der Waals surface area contributed by atoms with E-state index in [-0.39, 0.29) is 16.5 Å². The van der Waals surface area contributed by atoms with Crippen LogP contribution in [0.25, 0.3) is 0 Å². The molecule has 92 valence electrons. The van der Waals surface area contributed by atoms with E-state index in [1.54, 1.807) is 6.07 Å². The van der Waals surface area contributed by atoms with Crippen molar-refractivity contribution in [1.29, 1.82) is 5.26 Å². The summed E-state index contributed by atoms with van der Waals surface area (Å²) < 4.78 is 18.6. The molecule has 0 atom stereocenters. The van der Waals surface area contributed by atoms with Crippen molar-refractivity contribution in [2.45, 2.75) is 13.3 Å². The molecule has 0 unspecified atom stereocenters. The molecular formula is C11H13ClFN3O. The fourth-order valence-electron chi connectivity index (χ4n) is 1.19. The van der Waals surface area contributed by atoms with Gasteiger partial charge in [-0.1, -0.05) is 11.6 Å². The van der Waals surface area contributed by atoms with Crippen LogP contribution in [0.1, 0.15) is 18.9 Å². The van der Waals surface area contributed by atoms with Gasteiger partial charge in [-0.25, -0.2) is 9.37 Å². The Morgan fingerprint density at radius 2 is 2.41 bits per heavy atom. The molecule has 4 nitrogen and oxygen atoms in total. The minimum atomic E-state index is -0.581. The van der Waals surface area contributed by atoms with Crippen molar-refractivity contribution in [3.63, 3.8) is 0 Å². The summed E-state index contributed by atoms with van der Waals surface area (Å²) >= 11 is 5.70. The summed E-state index contributed by atoms with van der Waals surface area (Å²) in [5.41, 5.74) is 0.0315. The second-order valence-electron chi connectivity index (χ2n) is 3.25. The first kappa shape index (κ1) is 13.7. The van der Waals surface area contributed by atoms with Gasteiger partial charge in [0.15, 0.2) is 11.6 Å². The Morgan fingerprint density at radius 3 is 3.06 bits per heavy atom. The summed E-state index contributed by atoms with van der Waals surface area (Å²) in [6.45, 7) is 3.71. The van der Waals surface area contributed by atoms with Crippen LogP contribution >= 0.6 is 11.6 Å². The van der Waals surface area contributed by atoms with Crippen LogP contribution in [-0.4, -0.2) is 24.7 Å². The number of nitrogens with one attached hydrogen (secondary N) is 1. The van der Waals surface area contributed by atoms with Crippen molar-refractivity contribution >= 4 is 17.4 Å². The van der Waals surface area contributed by atoms with Crippen LogP contribution in [0.5, 0.6) is 0 Å². The normalized spacial score (nSPS) is 10.0. The maximum Gasteiger partial charge on any atom is 0.166 e.